The summed E-state index contributed by atoms with van der Waals surface area (Å²) in [5.41, 5.74) is 2.89. The van der Waals surface area contributed by atoms with E-state index in [1.165, 1.54) is 5.56 Å². The Morgan fingerprint density at radius 1 is 1.05 bits per heavy atom. The van der Waals surface area contributed by atoms with Crippen LogP contribution < -0.4 is 4.74 Å². The molecule has 0 saturated carbocycles. The molecule has 0 atom stereocenters. The molecule has 0 fully saturated rings. The van der Waals surface area contributed by atoms with E-state index in [0.717, 1.165) is 21.1 Å². The Hall–Kier alpha value is -1.31. The van der Waals surface area contributed by atoms with Crippen molar-refractivity contribution < 1.29 is 4.74 Å². The van der Waals surface area contributed by atoms with Crippen LogP contribution in [0, 0.1) is 11.3 Å². The third-order valence-corrected chi connectivity index (χ3v) is 3.90. The summed E-state index contributed by atoms with van der Waals surface area (Å²) < 4.78 is 6.69. The van der Waals surface area contributed by atoms with Crippen molar-refractivity contribution in [2.45, 2.75) is 11.9 Å². The van der Waals surface area contributed by atoms with E-state index in [2.05, 4.69) is 37.9 Å². The van der Waals surface area contributed by atoms with E-state index in [9.17, 15) is 0 Å². The van der Waals surface area contributed by atoms with Gasteiger partial charge in [0.05, 0.1) is 16.1 Å². The molecule has 0 N–H and O–H groups in total. The SMILES string of the molecule is N#Cc1ccc(COc2ccc(CBr)cc2Br)cc1. The van der Waals surface area contributed by atoms with Crippen molar-refractivity contribution in [3.05, 3.63) is 63.6 Å². The Labute approximate surface area is 129 Å². The van der Waals surface area contributed by atoms with Crippen LogP contribution in [0.4, 0.5) is 0 Å². The Morgan fingerprint density at radius 3 is 2.32 bits per heavy atom. The Morgan fingerprint density at radius 2 is 1.74 bits per heavy atom. The molecule has 0 spiro atoms. The summed E-state index contributed by atoms with van der Waals surface area (Å²) in [6.07, 6.45) is 0. The third-order valence-electron chi connectivity index (χ3n) is 2.63. The zero-order chi connectivity index (χ0) is 13.7. The van der Waals surface area contributed by atoms with Gasteiger partial charge in [0.1, 0.15) is 12.4 Å². The highest BCUT2D eigenvalue weighted by Gasteiger charge is 2.03. The maximum absolute atomic E-state index is 8.73. The maximum atomic E-state index is 8.73. The molecule has 0 aliphatic carbocycles. The van der Waals surface area contributed by atoms with Crippen LogP contribution in [0.15, 0.2) is 46.9 Å². The summed E-state index contributed by atoms with van der Waals surface area (Å²) >= 11 is 6.91. The first-order chi connectivity index (χ1) is 9.22. The summed E-state index contributed by atoms with van der Waals surface area (Å²) in [4.78, 5) is 0. The van der Waals surface area contributed by atoms with E-state index in [1.54, 1.807) is 12.1 Å². The predicted octanol–water partition coefficient (Wildman–Crippen LogP) is 4.79. The van der Waals surface area contributed by atoms with Crippen molar-refractivity contribution in [2.24, 2.45) is 0 Å². The van der Waals surface area contributed by atoms with Crippen molar-refractivity contribution in [3.8, 4) is 11.8 Å². The summed E-state index contributed by atoms with van der Waals surface area (Å²) in [5, 5.41) is 9.55. The summed E-state index contributed by atoms with van der Waals surface area (Å²) in [7, 11) is 0. The molecule has 0 aliphatic heterocycles. The lowest BCUT2D eigenvalue weighted by molar-refractivity contribution is 0.304. The van der Waals surface area contributed by atoms with Gasteiger partial charge in [-0.3, -0.25) is 0 Å². The molecule has 0 aliphatic rings. The lowest BCUT2D eigenvalue weighted by Crippen LogP contribution is -1.96. The molecule has 2 aromatic carbocycles. The van der Waals surface area contributed by atoms with Gasteiger partial charge in [0.25, 0.3) is 0 Å². The molecule has 0 amide bonds. The standard InChI is InChI=1S/C15H11Br2NO/c16-8-13-5-6-15(14(17)7-13)19-10-12-3-1-11(9-18)2-4-12/h1-7H,8,10H2. The molecule has 0 aromatic heterocycles. The van der Waals surface area contributed by atoms with Crippen LogP contribution in [0.1, 0.15) is 16.7 Å². The van der Waals surface area contributed by atoms with Crippen LogP contribution in [0.5, 0.6) is 5.75 Å². The molecule has 96 valence electrons. The molecule has 0 heterocycles. The third kappa shape index (κ3) is 3.82. The highest BCUT2D eigenvalue weighted by molar-refractivity contribution is 9.10. The molecular weight excluding hydrogens is 370 g/mol. The zero-order valence-electron chi connectivity index (χ0n) is 10.1. The number of ether oxygens (including phenoxy) is 1. The van der Waals surface area contributed by atoms with Gasteiger partial charge in [0.15, 0.2) is 0 Å². The summed E-state index contributed by atoms with van der Waals surface area (Å²) in [6, 6.07) is 15.5. The number of rotatable bonds is 4. The van der Waals surface area contributed by atoms with Gasteiger partial charge < -0.3 is 4.74 Å². The predicted molar refractivity (Wildman–Crippen MR) is 82.3 cm³/mol. The Bertz CT molecular complexity index is 603. The molecular formula is C15H11Br2NO. The Balaban J connectivity index is 2.04. The summed E-state index contributed by atoms with van der Waals surface area (Å²) in [6.45, 7) is 0.484. The molecule has 2 aromatic rings. The smallest absolute Gasteiger partial charge is 0.134 e. The van der Waals surface area contributed by atoms with Crippen molar-refractivity contribution in [3.63, 3.8) is 0 Å². The first-order valence-corrected chi connectivity index (χ1v) is 7.60. The van der Waals surface area contributed by atoms with E-state index in [1.807, 2.05) is 30.3 Å². The van der Waals surface area contributed by atoms with Gasteiger partial charge in [-0.1, -0.05) is 34.1 Å². The van der Waals surface area contributed by atoms with E-state index in [0.29, 0.717) is 12.2 Å². The van der Waals surface area contributed by atoms with Gasteiger partial charge in [-0.05, 0) is 51.3 Å². The number of nitrogens with zero attached hydrogens (tertiary/aromatic N) is 1. The number of benzene rings is 2. The van der Waals surface area contributed by atoms with Crippen LogP contribution in [-0.4, -0.2) is 0 Å². The second kappa shape index (κ2) is 6.74. The zero-order valence-corrected chi connectivity index (χ0v) is 13.2. The summed E-state index contributed by atoms with van der Waals surface area (Å²) in [5.74, 6) is 0.814. The molecule has 0 radical (unpaired) electrons. The fraction of sp³-hybridized carbons (Fsp3) is 0.133. The first-order valence-electron chi connectivity index (χ1n) is 5.69. The number of alkyl halides is 1. The van der Waals surface area contributed by atoms with Crippen LogP contribution in [0.3, 0.4) is 0 Å². The van der Waals surface area contributed by atoms with E-state index >= 15 is 0 Å². The lowest BCUT2D eigenvalue weighted by Gasteiger charge is -2.09. The average molecular weight is 381 g/mol. The maximum Gasteiger partial charge on any atom is 0.134 e. The van der Waals surface area contributed by atoms with E-state index in [4.69, 9.17) is 10.00 Å². The average Bonchev–Trinajstić information content (AvgIpc) is 2.46. The first kappa shape index (κ1) is 14.1. The van der Waals surface area contributed by atoms with Crippen LogP contribution in [0.2, 0.25) is 0 Å². The molecule has 4 heteroatoms. The largest absolute Gasteiger partial charge is 0.488 e. The van der Waals surface area contributed by atoms with Crippen molar-refractivity contribution >= 4 is 31.9 Å². The van der Waals surface area contributed by atoms with Gasteiger partial charge in [-0.15, -0.1) is 0 Å². The second-order valence-corrected chi connectivity index (χ2v) is 5.41. The van der Waals surface area contributed by atoms with Gasteiger partial charge in [0, 0.05) is 5.33 Å². The Kier molecular flexibility index (Phi) is 5.00. The molecule has 0 saturated heterocycles. The molecule has 19 heavy (non-hydrogen) atoms. The monoisotopic (exact) mass is 379 g/mol. The highest BCUT2D eigenvalue weighted by Crippen LogP contribution is 2.27. The topological polar surface area (TPSA) is 33.0 Å². The van der Waals surface area contributed by atoms with E-state index in [-0.39, 0.29) is 0 Å². The van der Waals surface area contributed by atoms with Gasteiger partial charge >= 0.3 is 0 Å². The van der Waals surface area contributed by atoms with Crippen LogP contribution >= 0.6 is 31.9 Å². The minimum atomic E-state index is 0.484. The minimum Gasteiger partial charge on any atom is -0.488 e. The van der Waals surface area contributed by atoms with Gasteiger partial charge in [-0.25, -0.2) is 0 Å². The van der Waals surface area contributed by atoms with Crippen LogP contribution in [-0.2, 0) is 11.9 Å². The quantitative estimate of drug-likeness (QED) is 0.714. The normalized spacial score (nSPS) is 9.95. The van der Waals surface area contributed by atoms with E-state index < -0.39 is 0 Å². The molecule has 0 bridgehead atoms. The molecule has 2 rings (SSSR count). The van der Waals surface area contributed by atoms with Crippen LogP contribution in [0.25, 0.3) is 0 Å². The van der Waals surface area contributed by atoms with Gasteiger partial charge in [0.2, 0.25) is 0 Å². The number of hydrogen-bond acceptors (Lipinski definition) is 2. The highest BCUT2D eigenvalue weighted by atomic mass is 79.9. The van der Waals surface area contributed by atoms with Crippen molar-refractivity contribution in [1.29, 1.82) is 5.26 Å². The molecule has 2 nitrogen and oxygen atoms in total. The number of hydrogen-bond donors (Lipinski definition) is 0. The number of halogens is 2. The fourth-order valence-electron chi connectivity index (χ4n) is 1.58. The second-order valence-electron chi connectivity index (χ2n) is 4.00. The lowest BCUT2D eigenvalue weighted by atomic mass is 10.1. The fourth-order valence-corrected chi connectivity index (χ4v) is 2.47. The molecule has 0 unspecified atom stereocenters. The van der Waals surface area contributed by atoms with Crippen molar-refractivity contribution in [1.82, 2.24) is 0 Å². The van der Waals surface area contributed by atoms with Gasteiger partial charge in [-0.2, -0.15) is 5.26 Å². The number of nitriles is 1. The minimum absolute atomic E-state index is 0.484. The van der Waals surface area contributed by atoms with Crippen molar-refractivity contribution in [2.75, 3.05) is 0 Å².